The molecule has 0 amide bonds. The van der Waals surface area contributed by atoms with Gasteiger partial charge in [-0.2, -0.15) is 5.10 Å². The van der Waals surface area contributed by atoms with Crippen molar-refractivity contribution >= 4 is 0 Å². The summed E-state index contributed by atoms with van der Waals surface area (Å²) >= 11 is 0. The quantitative estimate of drug-likeness (QED) is 0.517. The Bertz CT molecular complexity index is 169. The molecule has 1 heterocycles. The molecule has 0 aliphatic rings. The number of hydrogen-bond acceptors (Lipinski definition) is 1. The van der Waals surface area contributed by atoms with Crippen molar-refractivity contribution in [3.8, 4) is 0 Å². The van der Waals surface area contributed by atoms with Crippen LogP contribution in [0, 0.1) is 13.8 Å². The summed E-state index contributed by atoms with van der Waals surface area (Å²) < 4.78 is 1.87. The van der Waals surface area contributed by atoms with Crippen LogP contribution in [0.4, 0.5) is 0 Å². The molecule has 52 valence electrons. The van der Waals surface area contributed by atoms with E-state index in [9.17, 15) is 0 Å². The van der Waals surface area contributed by atoms with E-state index >= 15 is 0 Å². The predicted octanol–water partition coefficient (Wildman–Crippen LogP) is 1.67. The second kappa shape index (κ2) is 2.67. The minimum absolute atomic E-state index is 0. The van der Waals surface area contributed by atoms with Crippen LogP contribution in [0.15, 0.2) is 6.07 Å². The zero-order valence-electron chi connectivity index (χ0n) is 5.47. The molecule has 0 aliphatic heterocycles. The molecule has 0 aromatic carbocycles. The molecule has 0 spiro atoms. The van der Waals surface area contributed by atoms with Crippen molar-refractivity contribution in [1.29, 1.82) is 0 Å². The van der Waals surface area contributed by atoms with E-state index < -0.39 is 0 Å². The average molecular weight is 126 g/mol. The Morgan fingerprint density at radius 3 is 2.11 bits per heavy atom. The first-order valence-corrected chi connectivity index (χ1v) is 2.67. The van der Waals surface area contributed by atoms with Gasteiger partial charge in [0, 0.05) is 12.7 Å². The lowest BCUT2D eigenvalue weighted by atomic mass is 10.4. The van der Waals surface area contributed by atoms with Crippen LogP contribution in [0.3, 0.4) is 0 Å². The molecule has 1 aromatic heterocycles. The number of aromatic nitrogens is 2. The fourth-order valence-corrected chi connectivity index (χ4v) is 0.740. The minimum atomic E-state index is 0. The first-order valence-electron chi connectivity index (χ1n) is 2.67. The van der Waals surface area contributed by atoms with Crippen molar-refractivity contribution in [2.45, 2.75) is 21.3 Å². The van der Waals surface area contributed by atoms with Crippen LogP contribution in [0.1, 0.15) is 18.8 Å². The summed E-state index contributed by atoms with van der Waals surface area (Å²) in [5, 5.41) is 4.13. The topological polar surface area (TPSA) is 17.8 Å². The van der Waals surface area contributed by atoms with E-state index in [0.717, 1.165) is 5.69 Å². The molecular formula is C7H14N2. The Labute approximate surface area is 56.5 Å². The van der Waals surface area contributed by atoms with Gasteiger partial charge in [-0.15, -0.1) is 0 Å². The lowest BCUT2D eigenvalue weighted by molar-refractivity contribution is 0.731. The molecule has 0 N–H and O–H groups in total. The molecule has 0 saturated carbocycles. The van der Waals surface area contributed by atoms with Gasteiger partial charge in [-0.3, -0.25) is 4.68 Å². The Morgan fingerprint density at radius 1 is 1.44 bits per heavy atom. The maximum Gasteiger partial charge on any atom is 0.0596 e. The molecule has 0 unspecified atom stereocenters. The van der Waals surface area contributed by atoms with E-state index in [2.05, 4.69) is 11.2 Å². The fraction of sp³-hybridized carbons (Fsp3) is 0.571. The van der Waals surface area contributed by atoms with Gasteiger partial charge in [-0.05, 0) is 19.9 Å². The highest BCUT2D eigenvalue weighted by atomic mass is 15.3. The van der Waals surface area contributed by atoms with Crippen LogP contribution in [-0.2, 0) is 7.05 Å². The number of nitrogens with zero attached hydrogens (tertiary/aromatic N) is 2. The third-order valence-electron chi connectivity index (χ3n) is 1.24. The first kappa shape index (κ1) is 8.21. The van der Waals surface area contributed by atoms with Gasteiger partial charge in [0.2, 0.25) is 0 Å². The number of aryl methyl sites for hydroxylation is 3. The van der Waals surface area contributed by atoms with Crippen LogP contribution in [0.25, 0.3) is 0 Å². The van der Waals surface area contributed by atoms with Crippen molar-refractivity contribution in [3.63, 3.8) is 0 Å². The van der Waals surface area contributed by atoms with Gasteiger partial charge in [-0.1, -0.05) is 7.43 Å². The summed E-state index contributed by atoms with van der Waals surface area (Å²) in [5.41, 5.74) is 2.30. The van der Waals surface area contributed by atoms with Crippen molar-refractivity contribution in [2.75, 3.05) is 0 Å². The van der Waals surface area contributed by atoms with E-state index in [0.29, 0.717) is 0 Å². The highest BCUT2D eigenvalue weighted by Gasteiger charge is 1.91. The smallest absolute Gasteiger partial charge is 0.0596 e. The molecule has 9 heavy (non-hydrogen) atoms. The van der Waals surface area contributed by atoms with Crippen LogP contribution < -0.4 is 0 Å². The normalized spacial score (nSPS) is 8.78. The lowest BCUT2D eigenvalue weighted by Crippen LogP contribution is -1.91. The second-order valence-corrected chi connectivity index (χ2v) is 2.05. The van der Waals surface area contributed by atoms with Crippen molar-refractivity contribution in [1.82, 2.24) is 9.78 Å². The Hall–Kier alpha value is -0.790. The predicted molar refractivity (Wildman–Crippen MR) is 39.4 cm³/mol. The van der Waals surface area contributed by atoms with Crippen LogP contribution in [0.5, 0.6) is 0 Å². The van der Waals surface area contributed by atoms with E-state index in [4.69, 9.17) is 0 Å². The largest absolute Gasteiger partial charge is 0.273 e. The Morgan fingerprint density at radius 2 is 2.00 bits per heavy atom. The van der Waals surface area contributed by atoms with Gasteiger partial charge in [0.25, 0.3) is 0 Å². The molecule has 0 atom stereocenters. The van der Waals surface area contributed by atoms with Gasteiger partial charge in [0.05, 0.1) is 5.69 Å². The van der Waals surface area contributed by atoms with E-state index in [-0.39, 0.29) is 7.43 Å². The molecule has 0 radical (unpaired) electrons. The summed E-state index contributed by atoms with van der Waals surface area (Å²) in [4.78, 5) is 0. The summed E-state index contributed by atoms with van der Waals surface area (Å²) in [6.45, 7) is 4.03. The standard InChI is InChI=1S/C6H10N2.CH4/c1-5-4-6(2)8(3)7-5;/h4H,1-3H3;1H4. The maximum atomic E-state index is 4.13. The highest BCUT2D eigenvalue weighted by molar-refractivity contribution is 5.05. The molecule has 0 bridgehead atoms. The third kappa shape index (κ3) is 1.56. The fourth-order valence-electron chi connectivity index (χ4n) is 0.740. The molecule has 1 aromatic rings. The van der Waals surface area contributed by atoms with Crippen LogP contribution in [-0.4, -0.2) is 9.78 Å². The Kier molecular flexibility index (Phi) is 2.43. The maximum absolute atomic E-state index is 4.13. The number of hydrogen-bond donors (Lipinski definition) is 0. The molecule has 0 fully saturated rings. The zero-order valence-corrected chi connectivity index (χ0v) is 5.47. The summed E-state index contributed by atoms with van der Waals surface area (Å²) in [6.07, 6.45) is 0. The first-order chi connectivity index (χ1) is 3.70. The van der Waals surface area contributed by atoms with Crippen LogP contribution >= 0.6 is 0 Å². The molecule has 2 heteroatoms. The third-order valence-corrected chi connectivity index (χ3v) is 1.24. The highest BCUT2D eigenvalue weighted by Crippen LogP contribution is 1.96. The van der Waals surface area contributed by atoms with Gasteiger partial charge < -0.3 is 0 Å². The van der Waals surface area contributed by atoms with E-state index in [1.807, 2.05) is 25.6 Å². The number of rotatable bonds is 0. The molecule has 0 saturated heterocycles. The summed E-state index contributed by atoms with van der Waals surface area (Å²) in [5.74, 6) is 0. The van der Waals surface area contributed by atoms with E-state index in [1.165, 1.54) is 5.69 Å². The van der Waals surface area contributed by atoms with Crippen molar-refractivity contribution in [3.05, 3.63) is 17.5 Å². The van der Waals surface area contributed by atoms with Gasteiger partial charge in [0.15, 0.2) is 0 Å². The molecule has 2 nitrogen and oxygen atoms in total. The van der Waals surface area contributed by atoms with Crippen molar-refractivity contribution in [2.24, 2.45) is 7.05 Å². The van der Waals surface area contributed by atoms with Crippen molar-refractivity contribution < 1.29 is 0 Å². The molecule has 0 aliphatic carbocycles. The lowest BCUT2D eigenvalue weighted by Gasteiger charge is -1.87. The van der Waals surface area contributed by atoms with Gasteiger partial charge in [0.1, 0.15) is 0 Å². The molecular weight excluding hydrogens is 112 g/mol. The van der Waals surface area contributed by atoms with Gasteiger partial charge >= 0.3 is 0 Å². The van der Waals surface area contributed by atoms with Gasteiger partial charge in [-0.25, -0.2) is 0 Å². The monoisotopic (exact) mass is 126 g/mol. The summed E-state index contributed by atoms with van der Waals surface area (Å²) in [7, 11) is 1.95. The summed E-state index contributed by atoms with van der Waals surface area (Å²) in [6, 6.07) is 2.06. The van der Waals surface area contributed by atoms with Crippen LogP contribution in [0.2, 0.25) is 0 Å². The Balaban J connectivity index is 0.000000640. The minimum Gasteiger partial charge on any atom is -0.273 e. The van der Waals surface area contributed by atoms with E-state index in [1.54, 1.807) is 0 Å². The molecule has 1 rings (SSSR count). The SMILES string of the molecule is C.Cc1cc(C)n(C)n1. The average Bonchev–Trinajstić information content (AvgIpc) is 1.85. The zero-order chi connectivity index (χ0) is 6.15. The second-order valence-electron chi connectivity index (χ2n) is 2.05.